The van der Waals surface area contributed by atoms with Gasteiger partial charge >= 0.3 is 0 Å². The van der Waals surface area contributed by atoms with Crippen molar-refractivity contribution >= 4 is 17.7 Å². The maximum atomic E-state index is 6.00. The lowest BCUT2D eigenvalue weighted by atomic mass is 10.2. The van der Waals surface area contributed by atoms with Crippen LogP contribution in [0.15, 0.2) is 34.9 Å². The normalized spacial score (nSPS) is 10.9. The number of hydrogen-bond donors (Lipinski definition) is 2. The predicted molar refractivity (Wildman–Crippen MR) is 104 cm³/mol. The summed E-state index contributed by atoms with van der Waals surface area (Å²) in [6.45, 7) is 0.394. The van der Waals surface area contributed by atoms with Gasteiger partial charge in [0.15, 0.2) is 17.3 Å². The van der Waals surface area contributed by atoms with Crippen LogP contribution < -0.4 is 25.3 Å². The second-order valence-electron chi connectivity index (χ2n) is 5.92. The number of nitrogens with two attached hydrogens (primary N) is 1. The molecule has 3 heterocycles. The van der Waals surface area contributed by atoms with Crippen molar-refractivity contribution in [2.75, 3.05) is 32.4 Å². The number of furan rings is 1. The van der Waals surface area contributed by atoms with Gasteiger partial charge in [-0.3, -0.25) is 0 Å². The molecule has 29 heavy (non-hydrogen) atoms. The summed E-state index contributed by atoms with van der Waals surface area (Å²) in [7, 11) is 4.68. The Morgan fingerprint density at radius 1 is 1.07 bits per heavy atom. The molecule has 0 bridgehead atoms. The van der Waals surface area contributed by atoms with Crippen molar-refractivity contribution in [3.8, 4) is 28.8 Å². The molecule has 4 rings (SSSR count). The maximum absolute atomic E-state index is 6.00. The summed E-state index contributed by atoms with van der Waals surface area (Å²) in [5.74, 6) is 3.28. The molecule has 0 amide bonds. The number of rotatable bonds is 7. The first kappa shape index (κ1) is 18.3. The molecule has 3 aromatic heterocycles. The lowest BCUT2D eigenvalue weighted by molar-refractivity contribution is 0.324. The Kier molecular flexibility index (Phi) is 4.77. The molecule has 4 aromatic rings. The van der Waals surface area contributed by atoms with Crippen LogP contribution in [0.4, 0.5) is 11.9 Å². The molecule has 0 atom stereocenters. The highest BCUT2D eigenvalue weighted by Crippen LogP contribution is 2.38. The quantitative estimate of drug-likeness (QED) is 0.476. The number of nitrogens with one attached hydrogen (secondary N) is 1. The maximum Gasteiger partial charge on any atom is 0.259 e. The number of aromatic nitrogens is 5. The largest absolute Gasteiger partial charge is 0.493 e. The molecule has 1 aromatic carbocycles. The fourth-order valence-electron chi connectivity index (χ4n) is 2.81. The van der Waals surface area contributed by atoms with Crippen molar-refractivity contribution in [1.29, 1.82) is 0 Å². The van der Waals surface area contributed by atoms with Crippen LogP contribution in [-0.2, 0) is 6.54 Å². The summed E-state index contributed by atoms with van der Waals surface area (Å²) < 4.78 is 22.7. The molecule has 0 saturated heterocycles. The highest BCUT2D eigenvalue weighted by atomic mass is 16.5. The Morgan fingerprint density at radius 2 is 1.83 bits per heavy atom. The summed E-state index contributed by atoms with van der Waals surface area (Å²) in [6.07, 6.45) is 1.54. The molecule has 0 fully saturated rings. The van der Waals surface area contributed by atoms with E-state index in [1.54, 1.807) is 39.7 Å². The van der Waals surface area contributed by atoms with Gasteiger partial charge in [-0.1, -0.05) is 0 Å². The van der Waals surface area contributed by atoms with Gasteiger partial charge in [-0.05, 0) is 29.8 Å². The smallest absolute Gasteiger partial charge is 0.259 e. The topological polar surface area (TPSA) is 135 Å². The molecule has 0 aliphatic carbocycles. The van der Waals surface area contributed by atoms with Crippen LogP contribution in [0.5, 0.6) is 17.2 Å². The highest BCUT2D eigenvalue weighted by Gasteiger charge is 2.15. The van der Waals surface area contributed by atoms with Crippen molar-refractivity contribution < 1.29 is 18.6 Å². The van der Waals surface area contributed by atoms with Crippen molar-refractivity contribution in [3.63, 3.8) is 0 Å². The van der Waals surface area contributed by atoms with E-state index in [2.05, 4.69) is 25.4 Å². The van der Waals surface area contributed by atoms with Gasteiger partial charge in [0.05, 0.1) is 27.6 Å². The zero-order chi connectivity index (χ0) is 20.4. The summed E-state index contributed by atoms with van der Waals surface area (Å²) in [4.78, 5) is 12.9. The van der Waals surface area contributed by atoms with Crippen molar-refractivity contribution in [3.05, 3.63) is 36.1 Å². The standard InChI is InChI=1S/C18H19N7O4/c1-26-12-7-10(8-13(27-2)14(12)28-3)9-20-17-22-16(19)25-18(23-17)21-15(24-25)11-5-4-6-29-11/h4-8H,9H2,1-3H3,(H3,19,20,21,22,23,24). The van der Waals surface area contributed by atoms with E-state index in [1.807, 2.05) is 12.1 Å². The number of methoxy groups -OCH3 is 3. The fraction of sp³-hybridized carbons (Fsp3) is 0.222. The predicted octanol–water partition coefficient (Wildman–Crippen LogP) is 2.00. The summed E-state index contributed by atoms with van der Waals surface area (Å²) in [5.41, 5.74) is 6.88. The van der Waals surface area contributed by atoms with E-state index in [1.165, 1.54) is 4.52 Å². The molecular weight excluding hydrogens is 378 g/mol. The molecular formula is C18H19N7O4. The van der Waals surface area contributed by atoms with Crippen LogP contribution in [0.1, 0.15) is 5.56 Å². The number of nitrogens with zero attached hydrogens (tertiary/aromatic N) is 5. The number of anilines is 2. The Bertz CT molecular complexity index is 1120. The van der Waals surface area contributed by atoms with Gasteiger partial charge in [-0.2, -0.15) is 19.5 Å². The first-order valence-corrected chi connectivity index (χ1v) is 8.60. The molecule has 0 saturated carbocycles. The first-order valence-electron chi connectivity index (χ1n) is 8.60. The SMILES string of the molecule is COc1cc(CNc2nc(N)n3nc(-c4ccco4)nc3n2)cc(OC)c1OC. The molecule has 0 aliphatic heterocycles. The van der Waals surface area contributed by atoms with Gasteiger partial charge in [0.25, 0.3) is 5.78 Å². The Balaban J connectivity index is 1.60. The summed E-state index contributed by atoms with van der Waals surface area (Å²) in [5, 5.41) is 7.38. The number of ether oxygens (including phenoxy) is 3. The van der Waals surface area contributed by atoms with Crippen molar-refractivity contribution in [2.45, 2.75) is 6.54 Å². The van der Waals surface area contributed by atoms with Gasteiger partial charge in [-0.15, -0.1) is 5.10 Å². The molecule has 3 N–H and O–H groups in total. The number of benzene rings is 1. The summed E-state index contributed by atoms with van der Waals surface area (Å²) >= 11 is 0. The van der Waals surface area contributed by atoms with Crippen LogP contribution >= 0.6 is 0 Å². The molecule has 0 aliphatic rings. The highest BCUT2D eigenvalue weighted by molar-refractivity contribution is 5.55. The van der Waals surface area contributed by atoms with E-state index in [4.69, 9.17) is 24.4 Å². The molecule has 0 spiro atoms. The number of fused-ring (bicyclic) bond motifs is 1. The minimum absolute atomic E-state index is 0.146. The van der Waals surface area contributed by atoms with Gasteiger partial charge < -0.3 is 29.7 Å². The van der Waals surface area contributed by atoms with Crippen molar-refractivity contribution in [1.82, 2.24) is 24.6 Å². The average molecular weight is 397 g/mol. The number of hydrogen-bond acceptors (Lipinski definition) is 10. The van der Waals surface area contributed by atoms with Crippen LogP contribution in [-0.4, -0.2) is 45.9 Å². The van der Waals surface area contributed by atoms with Gasteiger partial charge in [0.1, 0.15) is 0 Å². The van der Waals surface area contributed by atoms with Crippen LogP contribution in [0.3, 0.4) is 0 Å². The lowest BCUT2D eigenvalue weighted by Crippen LogP contribution is -2.10. The van der Waals surface area contributed by atoms with E-state index in [0.717, 1.165) is 5.56 Å². The molecule has 0 unspecified atom stereocenters. The third-order valence-corrected chi connectivity index (χ3v) is 4.15. The Labute approximate surface area is 165 Å². The second-order valence-corrected chi connectivity index (χ2v) is 5.92. The van der Waals surface area contributed by atoms with E-state index >= 15 is 0 Å². The molecule has 150 valence electrons. The zero-order valence-corrected chi connectivity index (χ0v) is 16.0. The number of nitrogen functional groups attached to an aromatic ring is 1. The van der Waals surface area contributed by atoms with E-state index in [-0.39, 0.29) is 5.95 Å². The second kappa shape index (κ2) is 7.54. The van der Waals surface area contributed by atoms with E-state index < -0.39 is 0 Å². The van der Waals surface area contributed by atoms with Crippen LogP contribution in [0.2, 0.25) is 0 Å². The van der Waals surface area contributed by atoms with Crippen LogP contribution in [0, 0.1) is 0 Å². The van der Waals surface area contributed by atoms with E-state index in [0.29, 0.717) is 47.1 Å². The molecule has 11 heteroatoms. The summed E-state index contributed by atoms with van der Waals surface area (Å²) in [6, 6.07) is 7.17. The van der Waals surface area contributed by atoms with Gasteiger partial charge in [-0.25, -0.2) is 0 Å². The Morgan fingerprint density at radius 3 is 2.45 bits per heavy atom. The molecule has 11 nitrogen and oxygen atoms in total. The minimum Gasteiger partial charge on any atom is -0.493 e. The van der Waals surface area contributed by atoms with Gasteiger partial charge in [0, 0.05) is 6.54 Å². The fourth-order valence-corrected chi connectivity index (χ4v) is 2.81. The Hall–Kier alpha value is -4.02. The zero-order valence-electron chi connectivity index (χ0n) is 16.0. The average Bonchev–Trinajstić information content (AvgIpc) is 3.41. The van der Waals surface area contributed by atoms with E-state index in [9.17, 15) is 0 Å². The minimum atomic E-state index is 0.146. The first-order chi connectivity index (χ1) is 14.1. The van der Waals surface area contributed by atoms with Gasteiger partial charge in [0.2, 0.25) is 23.5 Å². The lowest BCUT2D eigenvalue weighted by Gasteiger charge is -2.14. The van der Waals surface area contributed by atoms with Crippen LogP contribution in [0.25, 0.3) is 17.4 Å². The van der Waals surface area contributed by atoms with Crippen molar-refractivity contribution in [2.24, 2.45) is 0 Å². The monoisotopic (exact) mass is 397 g/mol. The molecule has 0 radical (unpaired) electrons. The third-order valence-electron chi connectivity index (χ3n) is 4.15. The third kappa shape index (κ3) is 3.45.